The maximum absolute atomic E-state index is 11.1. The number of rotatable bonds is 1. The average Bonchev–Trinajstić information content (AvgIpc) is 2.32. The van der Waals surface area contributed by atoms with E-state index in [1.165, 1.54) is 6.26 Å². The Morgan fingerprint density at radius 1 is 1.67 bits per heavy atom. The van der Waals surface area contributed by atoms with Crippen LogP contribution in [0.3, 0.4) is 0 Å². The smallest absolute Gasteiger partial charge is 0.150 e. The van der Waals surface area contributed by atoms with E-state index in [4.69, 9.17) is 11.0 Å². The molecule has 5 heteroatoms. The zero-order valence-corrected chi connectivity index (χ0v) is 7.76. The van der Waals surface area contributed by atoms with Crippen molar-refractivity contribution in [3.8, 4) is 6.07 Å². The molecule has 0 saturated heterocycles. The fraction of sp³-hybridized carbons (Fsp3) is 0.857. The van der Waals surface area contributed by atoms with Crippen molar-refractivity contribution in [2.45, 2.75) is 30.1 Å². The SMILES string of the molecule is CS(=O)(=O)[C@H]1CC[C@@](N)(C#N)C1. The van der Waals surface area contributed by atoms with Gasteiger partial charge in [-0.3, -0.25) is 0 Å². The molecule has 1 fully saturated rings. The largest absolute Gasteiger partial charge is 0.313 e. The van der Waals surface area contributed by atoms with Crippen LogP contribution in [0.1, 0.15) is 19.3 Å². The molecule has 0 aliphatic heterocycles. The standard InChI is InChI=1S/C7H12N2O2S/c1-12(10,11)6-2-3-7(9,4-6)5-8/h6H,2-4,9H2,1H3/t6-,7-/m0/s1. The first-order valence-electron chi connectivity index (χ1n) is 3.76. The number of sulfone groups is 1. The zero-order chi connectivity index (χ0) is 9.41. The highest BCUT2D eigenvalue weighted by Gasteiger charge is 2.40. The molecule has 0 aromatic rings. The molecule has 0 amide bonds. The van der Waals surface area contributed by atoms with Crippen LogP contribution in [0.2, 0.25) is 0 Å². The lowest BCUT2D eigenvalue weighted by atomic mass is 10.0. The normalized spacial score (nSPS) is 36.2. The van der Waals surface area contributed by atoms with Crippen molar-refractivity contribution >= 4 is 9.84 Å². The first kappa shape index (κ1) is 9.49. The van der Waals surface area contributed by atoms with E-state index in [1.807, 2.05) is 6.07 Å². The van der Waals surface area contributed by atoms with Crippen LogP contribution in [-0.2, 0) is 9.84 Å². The van der Waals surface area contributed by atoms with Gasteiger partial charge in [0.1, 0.15) is 15.4 Å². The summed E-state index contributed by atoms with van der Waals surface area (Å²) in [4.78, 5) is 0. The van der Waals surface area contributed by atoms with E-state index in [0.717, 1.165) is 0 Å². The lowest BCUT2D eigenvalue weighted by molar-refractivity contribution is 0.554. The molecule has 0 aromatic heterocycles. The number of nitrogens with two attached hydrogens (primary N) is 1. The first-order chi connectivity index (χ1) is 5.37. The highest BCUT2D eigenvalue weighted by atomic mass is 32.2. The Hall–Kier alpha value is -0.600. The number of nitrogens with zero attached hydrogens (tertiary/aromatic N) is 1. The third kappa shape index (κ3) is 1.76. The fourth-order valence-corrected chi connectivity index (χ4v) is 2.64. The predicted octanol–water partition coefficient (Wildman–Crippen LogP) is -0.195. The minimum Gasteiger partial charge on any atom is -0.313 e. The third-order valence-corrected chi connectivity index (χ3v) is 3.95. The highest BCUT2D eigenvalue weighted by molar-refractivity contribution is 7.91. The van der Waals surface area contributed by atoms with E-state index in [-0.39, 0.29) is 6.42 Å². The number of hydrogen-bond acceptors (Lipinski definition) is 4. The summed E-state index contributed by atoms with van der Waals surface area (Å²) in [5.41, 5.74) is 4.71. The summed E-state index contributed by atoms with van der Waals surface area (Å²) < 4.78 is 22.1. The minimum absolute atomic E-state index is 0.280. The van der Waals surface area contributed by atoms with Gasteiger partial charge in [-0.05, 0) is 19.3 Å². The van der Waals surface area contributed by atoms with Crippen LogP contribution in [0.4, 0.5) is 0 Å². The van der Waals surface area contributed by atoms with Crippen molar-refractivity contribution in [2.24, 2.45) is 5.73 Å². The van der Waals surface area contributed by atoms with Crippen LogP contribution in [-0.4, -0.2) is 25.5 Å². The molecular formula is C7H12N2O2S. The molecule has 1 rings (SSSR count). The van der Waals surface area contributed by atoms with E-state index in [0.29, 0.717) is 12.8 Å². The van der Waals surface area contributed by atoms with Crippen molar-refractivity contribution in [1.82, 2.24) is 0 Å². The second-order valence-corrected chi connectivity index (χ2v) is 5.79. The Labute approximate surface area is 72.3 Å². The molecule has 4 nitrogen and oxygen atoms in total. The van der Waals surface area contributed by atoms with Gasteiger partial charge in [-0.25, -0.2) is 8.42 Å². The molecule has 0 radical (unpaired) electrons. The van der Waals surface area contributed by atoms with Crippen molar-refractivity contribution in [3.63, 3.8) is 0 Å². The van der Waals surface area contributed by atoms with Crippen LogP contribution in [0.15, 0.2) is 0 Å². The van der Waals surface area contributed by atoms with E-state index in [1.54, 1.807) is 0 Å². The summed E-state index contributed by atoms with van der Waals surface area (Å²) in [7, 11) is -3.01. The topological polar surface area (TPSA) is 83.9 Å². The summed E-state index contributed by atoms with van der Waals surface area (Å²) in [6, 6.07) is 1.96. The molecule has 0 aromatic carbocycles. The molecule has 0 spiro atoms. The average molecular weight is 188 g/mol. The molecule has 12 heavy (non-hydrogen) atoms. The molecule has 0 unspecified atom stereocenters. The molecule has 0 bridgehead atoms. The summed E-state index contributed by atoms with van der Waals surface area (Å²) >= 11 is 0. The Kier molecular flexibility index (Phi) is 2.15. The predicted molar refractivity (Wildman–Crippen MR) is 45.0 cm³/mol. The second-order valence-electron chi connectivity index (χ2n) is 3.46. The van der Waals surface area contributed by atoms with E-state index >= 15 is 0 Å². The maximum atomic E-state index is 11.1. The van der Waals surface area contributed by atoms with Gasteiger partial charge in [-0.1, -0.05) is 0 Å². The molecule has 2 N–H and O–H groups in total. The van der Waals surface area contributed by atoms with Gasteiger partial charge in [0.15, 0.2) is 0 Å². The minimum atomic E-state index is -3.01. The van der Waals surface area contributed by atoms with E-state index in [2.05, 4.69) is 0 Å². The van der Waals surface area contributed by atoms with Gasteiger partial charge in [0, 0.05) is 6.26 Å². The molecule has 1 aliphatic rings. The van der Waals surface area contributed by atoms with Crippen LogP contribution < -0.4 is 5.73 Å². The van der Waals surface area contributed by atoms with Gasteiger partial charge < -0.3 is 5.73 Å². The monoisotopic (exact) mass is 188 g/mol. The van der Waals surface area contributed by atoms with Gasteiger partial charge in [0.2, 0.25) is 0 Å². The maximum Gasteiger partial charge on any atom is 0.150 e. The Morgan fingerprint density at radius 3 is 2.50 bits per heavy atom. The summed E-state index contributed by atoms with van der Waals surface area (Å²) in [5.74, 6) is 0. The van der Waals surface area contributed by atoms with Gasteiger partial charge >= 0.3 is 0 Å². The van der Waals surface area contributed by atoms with Crippen molar-refractivity contribution in [3.05, 3.63) is 0 Å². The van der Waals surface area contributed by atoms with Crippen LogP contribution in [0.5, 0.6) is 0 Å². The van der Waals surface area contributed by atoms with Gasteiger partial charge in [-0.15, -0.1) is 0 Å². The summed E-state index contributed by atoms with van der Waals surface area (Å²) in [6.07, 6.45) is 2.48. The van der Waals surface area contributed by atoms with Crippen LogP contribution in [0, 0.1) is 11.3 Å². The quantitative estimate of drug-likeness (QED) is 0.618. The summed E-state index contributed by atoms with van der Waals surface area (Å²) in [6.45, 7) is 0. The summed E-state index contributed by atoms with van der Waals surface area (Å²) in [5, 5.41) is 8.22. The van der Waals surface area contributed by atoms with Crippen molar-refractivity contribution in [2.75, 3.05) is 6.26 Å². The zero-order valence-electron chi connectivity index (χ0n) is 6.95. The van der Waals surface area contributed by atoms with Crippen molar-refractivity contribution < 1.29 is 8.42 Å². The second kappa shape index (κ2) is 2.71. The van der Waals surface area contributed by atoms with E-state index in [9.17, 15) is 8.42 Å². The third-order valence-electron chi connectivity index (χ3n) is 2.33. The van der Waals surface area contributed by atoms with Crippen LogP contribution >= 0.6 is 0 Å². The Bertz CT molecular complexity index is 317. The highest BCUT2D eigenvalue weighted by Crippen LogP contribution is 2.31. The Morgan fingerprint density at radius 2 is 2.25 bits per heavy atom. The molecular weight excluding hydrogens is 176 g/mol. The van der Waals surface area contributed by atoms with Gasteiger partial charge in [0.05, 0.1) is 11.3 Å². The molecule has 0 heterocycles. The van der Waals surface area contributed by atoms with Gasteiger partial charge in [-0.2, -0.15) is 5.26 Å². The molecule has 1 saturated carbocycles. The van der Waals surface area contributed by atoms with E-state index < -0.39 is 20.6 Å². The Balaban J connectivity index is 2.78. The molecule has 1 aliphatic carbocycles. The lowest BCUT2D eigenvalue weighted by Gasteiger charge is -2.12. The van der Waals surface area contributed by atoms with Crippen molar-refractivity contribution in [1.29, 1.82) is 5.26 Å². The lowest BCUT2D eigenvalue weighted by Crippen LogP contribution is -2.36. The molecule has 2 atom stereocenters. The van der Waals surface area contributed by atoms with Gasteiger partial charge in [0.25, 0.3) is 0 Å². The molecule has 68 valence electrons. The first-order valence-corrected chi connectivity index (χ1v) is 5.72. The van der Waals surface area contributed by atoms with Crippen LogP contribution in [0.25, 0.3) is 0 Å². The number of nitriles is 1. The number of hydrogen-bond donors (Lipinski definition) is 1. The fourth-order valence-electron chi connectivity index (χ4n) is 1.50.